The van der Waals surface area contributed by atoms with Gasteiger partial charge < -0.3 is 30.9 Å². The van der Waals surface area contributed by atoms with Crippen LogP contribution in [0, 0.1) is 17.8 Å². The smallest absolute Gasteiger partial charge is 0.132 e. The van der Waals surface area contributed by atoms with Crippen LogP contribution >= 0.6 is 11.8 Å². The zero-order chi connectivity index (χ0) is 15.1. The second kappa shape index (κ2) is 6.31. The molecular formula is C14H25NO5S. The summed E-state index contributed by atoms with van der Waals surface area (Å²) < 4.78 is 5.52. The van der Waals surface area contributed by atoms with Gasteiger partial charge in [-0.3, -0.25) is 0 Å². The number of aliphatic hydroxyl groups is 4. The van der Waals surface area contributed by atoms with E-state index in [1.54, 1.807) is 0 Å². The molecule has 7 heteroatoms. The number of thioether (sulfide) groups is 1. The topological polar surface area (TPSA) is 116 Å². The zero-order valence-electron chi connectivity index (χ0n) is 11.9. The number of fused-ring (bicyclic) bond motifs is 2. The molecule has 2 bridgehead atoms. The molecule has 1 heterocycles. The third-order valence-corrected chi connectivity index (χ3v) is 6.76. The van der Waals surface area contributed by atoms with Gasteiger partial charge in [0.1, 0.15) is 29.9 Å². The summed E-state index contributed by atoms with van der Waals surface area (Å²) in [6, 6.07) is 0.223. The quantitative estimate of drug-likeness (QED) is 0.446. The molecular weight excluding hydrogens is 294 g/mol. The number of rotatable bonds is 4. The third kappa shape index (κ3) is 2.85. The van der Waals surface area contributed by atoms with Gasteiger partial charge in [-0.2, -0.15) is 0 Å². The first-order valence-electron chi connectivity index (χ1n) is 7.70. The van der Waals surface area contributed by atoms with Crippen LogP contribution in [0.3, 0.4) is 0 Å². The van der Waals surface area contributed by atoms with Crippen LogP contribution in [0.5, 0.6) is 0 Å². The Morgan fingerprint density at radius 2 is 1.76 bits per heavy atom. The first-order valence-corrected chi connectivity index (χ1v) is 8.75. The van der Waals surface area contributed by atoms with Gasteiger partial charge >= 0.3 is 0 Å². The number of hydrogen-bond acceptors (Lipinski definition) is 7. The maximum Gasteiger partial charge on any atom is 0.132 e. The van der Waals surface area contributed by atoms with Crippen molar-refractivity contribution in [2.75, 3.05) is 12.4 Å². The Morgan fingerprint density at radius 3 is 2.38 bits per heavy atom. The summed E-state index contributed by atoms with van der Waals surface area (Å²) in [5, 5.41) is 38.8. The Bertz CT molecular complexity index is 369. The van der Waals surface area contributed by atoms with Crippen molar-refractivity contribution >= 4 is 11.8 Å². The molecule has 9 atom stereocenters. The van der Waals surface area contributed by atoms with E-state index in [9.17, 15) is 20.4 Å². The first-order chi connectivity index (χ1) is 10.0. The number of hydrogen-bond donors (Lipinski definition) is 5. The second-order valence-electron chi connectivity index (χ2n) is 6.61. The van der Waals surface area contributed by atoms with Crippen LogP contribution in [0.15, 0.2) is 0 Å². The molecule has 3 aliphatic rings. The van der Waals surface area contributed by atoms with Crippen molar-refractivity contribution in [1.82, 2.24) is 0 Å². The lowest BCUT2D eigenvalue weighted by Crippen LogP contribution is -2.57. The Balaban J connectivity index is 1.57. The van der Waals surface area contributed by atoms with E-state index >= 15 is 0 Å². The standard InChI is InChI=1S/C14H25NO5S/c15-10-7-2-1-6(3-7)8(10)5-21-14-13(19)12(18)11(17)9(4-16)20-14/h6-14,16-19H,1-5,15H2/t6?,7?,8?,9?,10?,11-,12?,13?,14-/m0/s1. The third-order valence-electron chi connectivity index (χ3n) is 5.46. The average molecular weight is 319 g/mol. The molecule has 6 nitrogen and oxygen atoms in total. The van der Waals surface area contributed by atoms with Crippen molar-refractivity contribution in [3.05, 3.63) is 0 Å². The fourth-order valence-electron chi connectivity index (χ4n) is 4.11. The van der Waals surface area contributed by atoms with E-state index in [0.717, 1.165) is 5.75 Å². The fourth-order valence-corrected chi connectivity index (χ4v) is 5.60. The predicted octanol–water partition coefficient (Wildman–Crippen LogP) is -1.11. The normalized spacial score (nSPS) is 53.3. The molecule has 0 spiro atoms. The molecule has 0 aromatic heterocycles. The Kier molecular flexibility index (Phi) is 4.80. The van der Waals surface area contributed by atoms with Crippen molar-refractivity contribution in [3.63, 3.8) is 0 Å². The minimum Gasteiger partial charge on any atom is -0.394 e. The minimum atomic E-state index is -1.29. The lowest BCUT2D eigenvalue weighted by molar-refractivity contribution is -0.205. The van der Waals surface area contributed by atoms with Gasteiger partial charge in [0.15, 0.2) is 0 Å². The minimum absolute atomic E-state index is 0.223. The molecule has 0 aromatic rings. The van der Waals surface area contributed by atoms with Gasteiger partial charge in [0.25, 0.3) is 0 Å². The van der Waals surface area contributed by atoms with E-state index in [1.807, 2.05) is 0 Å². The van der Waals surface area contributed by atoms with Crippen LogP contribution in [-0.2, 0) is 4.74 Å². The molecule has 0 amide bonds. The Hall–Kier alpha value is 0.110. The summed E-state index contributed by atoms with van der Waals surface area (Å²) in [5.41, 5.74) is 5.64. The van der Waals surface area contributed by atoms with Crippen molar-refractivity contribution in [1.29, 1.82) is 0 Å². The summed E-state index contributed by atoms with van der Waals surface area (Å²) in [5.74, 6) is 2.52. The molecule has 3 fully saturated rings. The fraction of sp³-hybridized carbons (Fsp3) is 1.00. The van der Waals surface area contributed by atoms with E-state index < -0.39 is 29.9 Å². The summed E-state index contributed by atoms with van der Waals surface area (Å²) in [4.78, 5) is 0. The highest BCUT2D eigenvalue weighted by molar-refractivity contribution is 7.99. The lowest BCUT2D eigenvalue weighted by atomic mass is 9.86. The zero-order valence-corrected chi connectivity index (χ0v) is 12.7. The summed E-state index contributed by atoms with van der Waals surface area (Å²) >= 11 is 1.44. The van der Waals surface area contributed by atoms with E-state index in [1.165, 1.54) is 31.0 Å². The average Bonchev–Trinajstić information content (AvgIpc) is 3.06. The van der Waals surface area contributed by atoms with Crippen LogP contribution in [-0.4, -0.2) is 68.7 Å². The summed E-state index contributed by atoms with van der Waals surface area (Å²) in [7, 11) is 0. The molecule has 0 radical (unpaired) electrons. The molecule has 2 aliphatic carbocycles. The molecule has 7 unspecified atom stereocenters. The largest absolute Gasteiger partial charge is 0.394 e. The number of nitrogens with two attached hydrogens (primary N) is 1. The van der Waals surface area contributed by atoms with Gasteiger partial charge in [-0.25, -0.2) is 0 Å². The van der Waals surface area contributed by atoms with E-state index in [-0.39, 0.29) is 12.6 Å². The molecule has 2 saturated carbocycles. The van der Waals surface area contributed by atoms with Crippen molar-refractivity contribution in [2.45, 2.75) is 55.2 Å². The highest BCUT2D eigenvalue weighted by Gasteiger charge is 2.47. The van der Waals surface area contributed by atoms with Gasteiger partial charge in [-0.1, -0.05) is 0 Å². The molecule has 122 valence electrons. The molecule has 0 aromatic carbocycles. The van der Waals surface area contributed by atoms with E-state index in [4.69, 9.17) is 10.5 Å². The second-order valence-corrected chi connectivity index (χ2v) is 7.74. The van der Waals surface area contributed by atoms with Crippen LogP contribution in [0.25, 0.3) is 0 Å². The SMILES string of the molecule is NC1C2CCC(C2)C1CS[C@@H]1OC(CO)[C@H](O)C(O)C1O. The lowest BCUT2D eigenvalue weighted by Gasteiger charge is -2.40. The first kappa shape index (κ1) is 16.0. The highest BCUT2D eigenvalue weighted by atomic mass is 32.2. The Labute approximate surface area is 128 Å². The molecule has 21 heavy (non-hydrogen) atoms. The van der Waals surface area contributed by atoms with Gasteiger partial charge in [0, 0.05) is 11.8 Å². The summed E-state index contributed by atoms with van der Waals surface area (Å²) in [6.45, 7) is -0.379. The van der Waals surface area contributed by atoms with Crippen LogP contribution in [0.1, 0.15) is 19.3 Å². The highest BCUT2D eigenvalue weighted by Crippen LogP contribution is 2.49. The van der Waals surface area contributed by atoms with Crippen molar-refractivity contribution in [3.8, 4) is 0 Å². The predicted molar refractivity (Wildman–Crippen MR) is 78.5 cm³/mol. The van der Waals surface area contributed by atoms with Crippen molar-refractivity contribution < 1.29 is 25.2 Å². The molecule has 1 aliphatic heterocycles. The van der Waals surface area contributed by atoms with Gasteiger partial charge in [0.05, 0.1) is 6.61 Å². The molecule has 6 N–H and O–H groups in total. The molecule has 3 rings (SSSR count). The van der Waals surface area contributed by atoms with Gasteiger partial charge in [-0.15, -0.1) is 11.8 Å². The van der Waals surface area contributed by atoms with E-state index in [2.05, 4.69) is 0 Å². The van der Waals surface area contributed by atoms with Crippen molar-refractivity contribution in [2.24, 2.45) is 23.5 Å². The molecule has 1 saturated heterocycles. The monoisotopic (exact) mass is 319 g/mol. The van der Waals surface area contributed by atoms with Gasteiger partial charge in [0.2, 0.25) is 0 Å². The maximum atomic E-state index is 10.0. The van der Waals surface area contributed by atoms with Crippen LogP contribution < -0.4 is 5.73 Å². The van der Waals surface area contributed by atoms with Crippen LogP contribution in [0.4, 0.5) is 0 Å². The Morgan fingerprint density at radius 1 is 1.05 bits per heavy atom. The van der Waals surface area contributed by atoms with Crippen LogP contribution in [0.2, 0.25) is 0 Å². The summed E-state index contributed by atoms with van der Waals surface area (Å²) in [6.07, 6.45) is -0.877. The number of aliphatic hydroxyl groups excluding tert-OH is 4. The number of ether oxygens (including phenoxy) is 1. The maximum absolute atomic E-state index is 10.0. The van der Waals surface area contributed by atoms with Gasteiger partial charge in [-0.05, 0) is 37.0 Å². The van der Waals surface area contributed by atoms with E-state index in [0.29, 0.717) is 17.8 Å².